The lowest BCUT2D eigenvalue weighted by molar-refractivity contribution is 0.358. The number of aliphatic imine (C=N–C) groups is 1. The third kappa shape index (κ3) is 5.02. The van der Waals surface area contributed by atoms with E-state index in [0.29, 0.717) is 5.41 Å². The molecule has 0 radical (unpaired) electrons. The molecule has 1 heterocycles. The molecule has 0 aromatic carbocycles. The van der Waals surface area contributed by atoms with Crippen molar-refractivity contribution in [2.45, 2.75) is 71.1 Å². The van der Waals surface area contributed by atoms with Crippen molar-refractivity contribution in [2.75, 3.05) is 18.8 Å². The molecular formula is C16H30N2S. The van der Waals surface area contributed by atoms with Crippen LogP contribution in [0.5, 0.6) is 0 Å². The number of rotatable bonds is 7. The summed E-state index contributed by atoms with van der Waals surface area (Å²) in [5.41, 5.74) is 0.579. The largest absolute Gasteiger partial charge is 0.365 e. The first-order valence-corrected chi connectivity index (χ1v) is 9.24. The molecule has 1 N–H and O–H groups in total. The molecule has 1 fully saturated rings. The van der Waals surface area contributed by atoms with E-state index >= 15 is 0 Å². The molecule has 2 rings (SSSR count). The van der Waals surface area contributed by atoms with Crippen LogP contribution in [0, 0.1) is 5.41 Å². The van der Waals surface area contributed by atoms with Crippen molar-refractivity contribution in [3.63, 3.8) is 0 Å². The number of thioether (sulfide) groups is 1. The molecule has 0 aromatic rings. The highest BCUT2D eigenvalue weighted by atomic mass is 32.2. The average Bonchev–Trinajstić information content (AvgIpc) is 2.89. The van der Waals surface area contributed by atoms with Gasteiger partial charge in [0, 0.05) is 18.8 Å². The van der Waals surface area contributed by atoms with E-state index in [2.05, 4.69) is 12.2 Å². The number of nitrogens with one attached hydrogen (secondary N) is 1. The molecule has 0 saturated heterocycles. The summed E-state index contributed by atoms with van der Waals surface area (Å²) < 4.78 is 0. The molecule has 2 aliphatic rings. The maximum Gasteiger partial charge on any atom is 0.156 e. The molecule has 1 aliphatic heterocycles. The molecule has 1 saturated carbocycles. The molecule has 1 aliphatic carbocycles. The van der Waals surface area contributed by atoms with Crippen LogP contribution in [-0.4, -0.2) is 24.0 Å². The lowest BCUT2D eigenvalue weighted by atomic mass is 9.89. The molecular weight excluding hydrogens is 252 g/mol. The highest BCUT2D eigenvalue weighted by Gasteiger charge is 2.36. The van der Waals surface area contributed by atoms with Crippen molar-refractivity contribution in [1.82, 2.24) is 5.32 Å². The first kappa shape index (κ1) is 15.2. The fourth-order valence-corrected chi connectivity index (χ4v) is 4.37. The van der Waals surface area contributed by atoms with E-state index in [1.807, 2.05) is 11.8 Å². The SMILES string of the molecule is CCCCCCCCNC1=NCC2(CCCC2)CS1. The Morgan fingerprint density at radius 1 is 1.11 bits per heavy atom. The van der Waals surface area contributed by atoms with Crippen LogP contribution < -0.4 is 5.32 Å². The van der Waals surface area contributed by atoms with Gasteiger partial charge in [-0.2, -0.15) is 0 Å². The molecule has 0 aromatic heterocycles. The third-order valence-corrected chi connectivity index (χ3v) is 5.85. The normalized spacial score (nSPS) is 21.6. The summed E-state index contributed by atoms with van der Waals surface area (Å²) in [5, 5.41) is 4.75. The minimum absolute atomic E-state index is 0.579. The first-order chi connectivity index (χ1) is 9.35. The highest BCUT2D eigenvalue weighted by molar-refractivity contribution is 8.13. The number of amidine groups is 1. The van der Waals surface area contributed by atoms with Gasteiger partial charge < -0.3 is 5.32 Å². The smallest absolute Gasteiger partial charge is 0.156 e. The Hall–Kier alpha value is -0.180. The van der Waals surface area contributed by atoms with E-state index < -0.39 is 0 Å². The average molecular weight is 282 g/mol. The molecule has 0 atom stereocenters. The van der Waals surface area contributed by atoms with Crippen LogP contribution in [-0.2, 0) is 0 Å². The minimum atomic E-state index is 0.579. The molecule has 0 unspecified atom stereocenters. The van der Waals surface area contributed by atoms with E-state index in [4.69, 9.17) is 4.99 Å². The van der Waals surface area contributed by atoms with Gasteiger partial charge in [0.25, 0.3) is 0 Å². The number of unbranched alkanes of at least 4 members (excludes halogenated alkanes) is 5. The van der Waals surface area contributed by atoms with Crippen LogP contribution in [0.4, 0.5) is 0 Å². The van der Waals surface area contributed by atoms with Gasteiger partial charge in [-0.25, -0.2) is 0 Å². The first-order valence-electron chi connectivity index (χ1n) is 8.26. The zero-order chi connectivity index (χ0) is 13.4. The second-order valence-corrected chi connectivity index (χ2v) is 7.28. The molecule has 3 heteroatoms. The van der Waals surface area contributed by atoms with Crippen molar-refractivity contribution in [2.24, 2.45) is 10.4 Å². The molecule has 1 spiro atoms. The Morgan fingerprint density at radius 3 is 2.53 bits per heavy atom. The number of hydrogen-bond acceptors (Lipinski definition) is 3. The lowest BCUT2D eigenvalue weighted by Gasteiger charge is -2.31. The maximum absolute atomic E-state index is 4.78. The van der Waals surface area contributed by atoms with Gasteiger partial charge >= 0.3 is 0 Å². The second kappa shape index (κ2) is 8.18. The fourth-order valence-electron chi connectivity index (χ4n) is 3.19. The highest BCUT2D eigenvalue weighted by Crippen LogP contribution is 2.43. The van der Waals surface area contributed by atoms with E-state index in [9.17, 15) is 0 Å². The van der Waals surface area contributed by atoms with Gasteiger partial charge in [0.15, 0.2) is 5.17 Å². The van der Waals surface area contributed by atoms with E-state index in [1.165, 1.54) is 75.1 Å². The Bertz CT molecular complexity index is 282. The fraction of sp³-hybridized carbons (Fsp3) is 0.938. The minimum Gasteiger partial charge on any atom is -0.365 e. The van der Waals surface area contributed by atoms with E-state index in [-0.39, 0.29) is 0 Å². The monoisotopic (exact) mass is 282 g/mol. The summed E-state index contributed by atoms with van der Waals surface area (Å²) >= 11 is 1.97. The molecule has 0 bridgehead atoms. The summed E-state index contributed by atoms with van der Waals surface area (Å²) in [5.74, 6) is 1.30. The molecule has 0 amide bonds. The van der Waals surface area contributed by atoms with Crippen molar-refractivity contribution < 1.29 is 0 Å². The van der Waals surface area contributed by atoms with E-state index in [1.54, 1.807) is 0 Å². The predicted molar refractivity (Wildman–Crippen MR) is 87.0 cm³/mol. The third-order valence-electron chi connectivity index (χ3n) is 4.54. The standard InChI is InChI=1S/C16H30N2S/c1-2-3-4-5-6-9-12-17-15-18-13-16(14-19-15)10-7-8-11-16/h2-14H2,1H3,(H,17,18). The summed E-state index contributed by atoms with van der Waals surface area (Å²) in [6.45, 7) is 4.47. The van der Waals surface area contributed by atoms with Crippen LogP contribution in [0.15, 0.2) is 4.99 Å². The summed E-state index contributed by atoms with van der Waals surface area (Å²) in [7, 11) is 0. The van der Waals surface area contributed by atoms with Crippen molar-refractivity contribution in [1.29, 1.82) is 0 Å². The zero-order valence-electron chi connectivity index (χ0n) is 12.5. The molecule has 2 nitrogen and oxygen atoms in total. The number of nitrogens with zero attached hydrogens (tertiary/aromatic N) is 1. The number of hydrogen-bond donors (Lipinski definition) is 1. The summed E-state index contributed by atoms with van der Waals surface area (Å²) in [6.07, 6.45) is 13.9. The van der Waals surface area contributed by atoms with Gasteiger partial charge in [-0.05, 0) is 24.7 Å². The Balaban J connectivity index is 1.53. The van der Waals surface area contributed by atoms with Crippen LogP contribution in [0.2, 0.25) is 0 Å². The zero-order valence-corrected chi connectivity index (χ0v) is 13.4. The van der Waals surface area contributed by atoms with Gasteiger partial charge in [0.05, 0.1) is 0 Å². The predicted octanol–water partition coefficient (Wildman–Crippen LogP) is 4.60. The quantitative estimate of drug-likeness (QED) is 0.690. The van der Waals surface area contributed by atoms with Crippen LogP contribution in [0.25, 0.3) is 0 Å². The van der Waals surface area contributed by atoms with Gasteiger partial charge in [-0.3, -0.25) is 4.99 Å². The van der Waals surface area contributed by atoms with Crippen molar-refractivity contribution in [3.8, 4) is 0 Å². The van der Waals surface area contributed by atoms with Gasteiger partial charge in [-0.1, -0.05) is 63.6 Å². The summed E-state index contributed by atoms with van der Waals surface area (Å²) in [6, 6.07) is 0. The van der Waals surface area contributed by atoms with Crippen LogP contribution >= 0.6 is 11.8 Å². The Kier molecular flexibility index (Phi) is 6.55. The summed E-state index contributed by atoms with van der Waals surface area (Å²) in [4.78, 5) is 4.78. The molecule has 19 heavy (non-hydrogen) atoms. The topological polar surface area (TPSA) is 24.4 Å². The van der Waals surface area contributed by atoms with Gasteiger partial charge in [-0.15, -0.1) is 0 Å². The van der Waals surface area contributed by atoms with Crippen LogP contribution in [0.1, 0.15) is 71.1 Å². The second-order valence-electron chi connectivity index (χ2n) is 6.31. The Morgan fingerprint density at radius 2 is 1.84 bits per heavy atom. The van der Waals surface area contributed by atoms with Crippen LogP contribution in [0.3, 0.4) is 0 Å². The van der Waals surface area contributed by atoms with Gasteiger partial charge in [0.2, 0.25) is 0 Å². The maximum atomic E-state index is 4.78. The molecule has 110 valence electrons. The lowest BCUT2D eigenvalue weighted by Crippen LogP contribution is -2.33. The van der Waals surface area contributed by atoms with Crippen molar-refractivity contribution in [3.05, 3.63) is 0 Å². The van der Waals surface area contributed by atoms with Gasteiger partial charge in [0.1, 0.15) is 0 Å². The van der Waals surface area contributed by atoms with E-state index in [0.717, 1.165) is 13.1 Å². The Labute approximate surface area is 123 Å². The van der Waals surface area contributed by atoms with Crippen molar-refractivity contribution >= 4 is 16.9 Å².